The van der Waals surface area contributed by atoms with Gasteiger partial charge in [0.15, 0.2) is 11.7 Å². The number of nitrogens with zero attached hydrogens (tertiary/aromatic N) is 1. The van der Waals surface area contributed by atoms with Crippen molar-refractivity contribution >= 4 is 11.8 Å². The Balaban J connectivity index is 1.35. The predicted molar refractivity (Wildman–Crippen MR) is 89.0 cm³/mol. The van der Waals surface area contributed by atoms with E-state index in [4.69, 9.17) is 4.42 Å². The molecule has 0 unspecified atom stereocenters. The van der Waals surface area contributed by atoms with Crippen LogP contribution in [0.1, 0.15) is 25.2 Å². The Hall–Kier alpha value is -2.63. The first-order valence-corrected chi connectivity index (χ1v) is 8.27. The minimum atomic E-state index is -0.0740. The summed E-state index contributed by atoms with van der Waals surface area (Å²) in [6, 6.07) is 9.72. The van der Waals surface area contributed by atoms with Crippen molar-refractivity contribution in [2.75, 3.05) is 13.1 Å². The molecule has 6 heteroatoms. The molecule has 3 rings (SSSR count). The molecule has 0 atom stereocenters. The molecule has 1 fully saturated rings. The molecule has 0 bridgehead atoms. The van der Waals surface area contributed by atoms with Gasteiger partial charge in [0.25, 0.3) is 0 Å². The minimum absolute atomic E-state index is 0.0740. The molecule has 1 saturated carbocycles. The van der Waals surface area contributed by atoms with Crippen LogP contribution in [-0.4, -0.2) is 29.9 Å². The lowest BCUT2D eigenvalue weighted by Crippen LogP contribution is -2.35. The maximum atomic E-state index is 11.8. The summed E-state index contributed by atoms with van der Waals surface area (Å²) in [7, 11) is 0. The van der Waals surface area contributed by atoms with Crippen molar-refractivity contribution in [3.8, 4) is 11.3 Å². The normalized spacial score (nSPS) is 13.5. The van der Waals surface area contributed by atoms with Crippen molar-refractivity contribution in [1.82, 2.24) is 15.6 Å². The van der Waals surface area contributed by atoms with Crippen LogP contribution < -0.4 is 10.6 Å². The monoisotopic (exact) mass is 327 g/mol. The van der Waals surface area contributed by atoms with Gasteiger partial charge in [0.2, 0.25) is 11.8 Å². The van der Waals surface area contributed by atoms with Crippen molar-refractivity contribution in [1.29, 1.82) is 0 Å². The maximum Gasteiger partial charge on any atom is 0.223 e. The molecule has 6 nitrogen and oxygen atoms in total. The Morgan fingerprint density at radius 2 is 1.88 bits per heavy atom. The van der Waals surface area contributed by atoms with Gasteiger partial charge in [0.05, 0.1) is 6.20 Å². The van der Waals surface area contributed by atoms with E-state index < -0.39 is 0 Å². The van der Waals surface area contributed by atoms with Crippen molar-refractivity contribution < 1.29 is 14.0 Å². The second-order valence-electron chi connectivity index (χ2n) is 5.90. The summed E-state index contributed by atoms with van der Waals surface area (Å²) in [6.45, 7) is 0.913. The molecule has 24 heavy (non-hydrogen) atoms. The third-order valence-corrected chi connectivity index (χ3v) is 3.87. The summed E-state index contributed by atoms with van der Waals surface area (Å²) < 4.78 is 5.66. The van der Waals surface area contributed by atoms with Crippen LogP contribution in [0.5, 0.6) is 0 Å². The fraction of sp³-hybridized carbons (Fsp3) is 0.389. The third-order valence-electron chi connectivity index (χ3n) is 3.87. The average molecular weight is 327 g/mol. The zero-order valence-electron chi connectivity index (χ0n) is 13.5. The number of aromatic nitrogens is 1. The third kappa shape index (κ3) is 4.68. The molecule has 2 N–H and O–H groups in total. The molecule has 0 saturated heterocycles. The lowest BCUT2D eigenvalue weighted by Gasteiger charge is -2.06. The Morgan fingerprint density at radius 1 is 1.12 bits per heavy atom. The Kier molecular flexibility index (Phi) is 5.25. The Morgan fingerprint density at radius 3 is 2.62 bits per heavy atom. The highest BCUT2D eigenvalue weighted by atomic mass is 16.4. The first kappa shape index (κ1) is 16.2. The summed E-state index contributed by atoms with van der Waals surface area (Å²) in [5.74, 6) is 1.47. The van der Waals surface area contributed by atoms with Gasteiger partial charge in [0.1, 0.15) is 0 Å². The van der Waals surface area contributed by atoms with Gasteiger partial charge < -0.3 is 15.1 Å². The largest absolute Gasteiger partial charge is 0.441 e. The predicted octanol–water partition coefficient (Wildman–Crippen LogP) is 1.92. The summed E-state index contributed by atoms with van der Waals surface area (Å²) in [6.07, 6.45) is 4.41. The molecule has 1 aromatic carbocycles. The molecule has 1 aliphatic carbocycles. The van der Waals surface area contributed by atoms with Gasteiger partial charge in [0, 0.05) is 37.4 Å². The van der Waals surface area contributed by atoms with Crippen LogP contribution in [0.2, 0.25) is 0 Å². The molecule has 2 aromatic rings. The van der Waals surface area contributed by atoms with E-state index in [0.29, 0.717) is 37.6 Å². The first-order valence-electron chi connectivity index (χ1n) is 8.27. The highest BCUT2D eigenvalue weighted by Gasteiger charge is 2.28. The number of hydrogen-bond acceptors (Lipinski definition) is 4. The fourth-order valence-electron chi connectivity index (χ4n) is 2.35. The van der Waals surface area contributed by atoms with Gasteiger partial charge >= 0.3 is 0 Å². The van der Waals surface area contributed by atoms with Gasteiger partial charge in [-0.05, 0) is 12.8 Å². The number of rotatable bonds is 8. The van der Waals surface area contributed by atoms with Crippen molar-refractivity contribution in [3.63, 3.8) is 0 Å². The Labute approximate surface area is 140 Å². The van der Waals surface area contributed by atoms with E-state index in [0.717, 1.165) is 18.4 Å². The van der Waals surface area contributed by atoms with Crippen LogP contribution in [-0.2, 0) is 16.0 Å². The number of oxazole rings is 1. The molecule has 2 amide bonds. The standard InChI is InChI=1S/C18H21N3O3/c22-16(19-10-11-20-18(23)14-6-7-14)8-9-17-21-12-15(24-17)13-4-2-1-3-5-13/h1-5,12,14H,6-11H2,(H,19,22)(H,20,23). The van der Waals surface area contributed by atoms with Crippen LogP contribution in [0, 0.1) is 5.92 Å². The van der Waals surface area contributed by atoms with Gasteiger partial charge in [-0.15, -0.1) is 0 Å². The van der Waals surface area contributed by atoms with Gasteiger partial charge in [-0.25, -0.2) is 4.98 Å². The SMILES string of the molecule is O=C(CCc1ncc(-c2ccccc2)o1)NCCNC(=O)C1CC1. The van der Waals surface area contributed by atoms with Crippen LogP contribution >= 0.6 is 0 Å². The lowest BCUT2D eigenvalue weighted by atomic mass is 10.2. The van der Waals surface area contributed by atoms with Crippen molar-refractivity contribution in [3.05, 3.63) is 42.4 Å². The van der Waals surface area contributed by atoms with E-state index in [9.17, 15) is 9.59 Å². The number of amides is 2. The molecule has 0 radical (unpaired) electrons. The summed E-state index contributed by atoms with van der Waals surface area (Å²) in [4.78, 5) is 27.4. The second-order valence-corrected chi connectivity index (χ2v) is 5.90. The number of nitrogens with one attached hydrogen (secondary N) is 2. The molecule has 1 heterocycles. The first-order chi connectivity index (χ1) is 11.7. The zero-order valence-corrected chi connectivity index (χ0v) is 13.5. The number of carbonyl (C=O) groups excluding carboxylic acids is 2. The van der Waals surface area contributed by atoms with Gasteiger partial charge in [-0.2, -0.15) is 0 Å². The van der Waals surface area contributed by atoms with E-state index in [2.05, 4.69) is 15.6 Å². The topological polar surface area (TPSA) is 84.2 Å². The summed E-state index contributed by atoms with van der Waals surface area (Å²) >= 11 is 0. The van der Waals surface area contributed by atoms with Crippen molar-refractivity contribution in [2.45, 2.75) is 25.7 Å². The van der Waals surface area contributed by atoms with Crippen LogP contribution in [0.25, 0.3) is 11.3 Å². The Bertz CT molecular complexity index is 693. The second kappa shape index (κ2) is 7.77. The molecule has 1 aromatic heterocycles. The van der Waals surface area contributed by atoms with Crippen LogP contribution in [0.3, 0.4) is 0 Å². The molecule has 126 valence electrons. The quantitative estimate of drug-likeness (QED) is 0.726. The van der Waals surface area contributed by atoms with Gasteiger partial charge in [-0.1, -0.05) is 30.3 Å². The molecule has 1 aliphatic rings. The number of hydrogen-bond donors (Lipinski definition) is 2. The van der Waals surface area contributed by atoms with E-state index >= 15 is 0 Å². The van der Waals surface area contributed by atoms with Crippen LogP contribution in [0.15, 0.2) is 40.9 Å². The van der Waals surface area contributed by atoms with E-state index in [1.165, 1.54) is 0 Å². The zero-order chi connectivity index (χ0) is 16.8. The van der Waals surface area contributed by atoms with Crippen LogP contribution in [0.4, 0.5) is 0 Å². The smallest absolute Gasteiger partial charge is 0.223 e. The molecular formula is C18H21N3O3. The average Bonchev–Trinajstić information content (AvgIpc) is 3.36. The lowest BCUT2D eigenvalue weighted by molar-refractivity contribution is -0.123. The van der Waals surface area contributed by atoms with Gasteiger partial charge in [-0.3, -0.25) is 9.59 Å². The molecule has 0 aliphatic heterocycles. The number of benzene rings is 1. The van der Waals surface area contributed by atoms with E-state index in [-0.39, 0.29) is 17.7 Å². The van der Waals surface area contributed by atoms with Crippen molar-refractivity contribution in [2.24, 2.45) is 5.92 Å². The minimum Gasteiger partial charge on any atom is -0.441 e. The maximum absolute atomic E-state index is 11.8. The summed E-state index contributed by atoms with van der Waals surface area (Å²) in [5, 5.41) is 5.59. The summed E-state index contributed by atoms with van der Waals surface area (Å²) in [5.41, 5.74) is 0.965. The molecule has 0 spiro atoms. The van der Waals surface area contributed by atoms with E-state index in [1.807, 2.05) is 30.3 Å². The highest BCUT2D eigenvalue weighted by molar-refractivity contribution is 5.81. The van der Waals surface area contributed by atoms with E-state index in [1.54, 1.807) is 6.20 Å². The highest BCUT2D eigenvalue weighted by Crippen LogP contribution is 2.28. The molecular weight excluding hydrogens is 306 g/mol. The number of carbonyl (C=O) groups is 2. The fourth-order valence-corrected chi connectivity index (χ4v) is 2.35. The number of aryl methyl sites for hydroxylation is 1.